The molecule has 0 spiro atoms. The van der Waals surface area contributed by atoms with Crippen molar-refractivity contribution in [2.45, 2.75) is 19.9 Å². The second kappa shape index (κ2) is 5.18. The molecule has 1 heterocycles. The number of benzene rings is 1. The number of thiocarbonyl (C=S) groups is 1. The summed E-state index contributed by atoms with van der Waals surface area (Å²) >= 11 is 5.03. The SMILES string of the molecule is CC(C)n1cc(Nc2ccccc2C(N)=S)cn1. The monoisotopic (exact) mass is 260 g/mol. The number of anilines is 2. The fraction of sp³-hybridized carbons (Fsp3) is 0.231. The van der Waals surface area contributed by atoms with E-state index >= 15 is 0 Å². The van der Waals surface area contributed by atoms with Gasteiger partial charge in [-0.1, -0.05) is 24.4 Å². The van der Waals surface area contributed by atoms with Gasteiger partial charge in [-0.3, -0.25) is 4.68 Å². The van der Waals surface area contributed by atoms with Gasteiger partial charge in [0.1, 0.15) is 4.99 Å². The highest BCUT2D eigenvalue weighted by Crippen LogP contribution is 2.21. The van der Waals surface area contributed by atoms with Gasteiger partial charge in [-0.15, -0.1) is 0 Å². The topological polar surface area (TPSA) is 55.9 Å². The Kier molecular flexibility index (Phi) is 3.62. The lowest BCUT2D eigenvalue weighted by molar-refractivity contribution is 0.532. The first kappa shape index (κ1) is 12.6. The molecule has 1 aromatic heterocycles. The van der Waals surface area contributed by atoms with Gasteiger partial charge in [0, 0.05) is 23.5 Å². The molecule has 0 radical (unpaired) electrons. The van der Waals surface area contributed by atoms with Crippen molar-refractivity contribution in [2.24, 2.45) is 5.73 Å². The lowest BCUT2D eigenvalue weighted by atomic mass is 10.2. The third kappa shape index (κ3) is 2.68. The molecule has 0 bridgehead atoms. The molecule has 0 amide bonds. The van der Waals surface area contributed by atoms with E-state index in [9.17, 15) is 0 Å². The average molecular weight is 260 g/mol. The molecule has 0 aliphatic rings. The predicted octanol–water partition coefficient (Wildman–Crippen LogP) is 2.84. The van der Waals surface area contributed by atoms with Gasteiger partial charge in [-0.25, -0.2) is 0 Å². The standard InChI is InChI=1S/C13H16N4S/c1-9(2)17-8-10(7-15-17)16-12-6-4-3-5-11(12)13(14)18/h3-9,16H,1-2H3,(H2,14,18). The van der Waals surface area contributed by atoms with Crippen LogP contribution in [0, 0.1) is 0 Å². The van der Waals surface area contributed by atoms with Crippen LogP contribution in [0.1, 0.15) is 25.5 Å². The van der Waals surface area contributed by atoms with Gasteiger partial charge in [0.2, 0.25) is 0 Å². The summed E-state index contributed by atoms with van der Waals surface area (Å²) in [6.07, 6.45) is 3.75. The van der Waals surface area contributed by atoms with E-state index in [0.29, 0.717) is 11.0 Å². The molecule has 18 heavy (non-hydrogen) atoms. The lowest BCUT2D eigenvalue weighted by Gasteiger charge is -2.09. The number of aromatic nitrogens is 2. The van der Waals surface area contributed by atoms with Crippen molar-refractivity contribution in [2.75, 3.05) is 5.32 Å². The van der Waals surface area contributed by atoms with Gasteiger partial charge in [0.15, 0.2) is 0 Å². The number of nitrogens with zero attached hydrogens (tertiary/aromatic N) is 2. The van der Waals surface area contributed by atoms with Crippen LogP contribution in [0.4, 0.5) is 11.4 Å². The largest absolute Gasteiger partial charge is 0.389 e. The Balaban J connectivity index is 2.25. The van der Waals surface area contributed by atoms with Gasteiger partial charge in [0.05, 0.1) is 11.9 Å². The number of nitrogens with two attached hydrogens (primary N) is 1. The summed E-state index contributed by atoms with van der Waals surface area (Å²) in [5, 5.41) is 7.55. The lowest BCUT2D eigenvalue weighted by Crippen LogP contribution is -2.11. The first-order valence-corrected chi connectivity index (χ1v) is 6.19. The normalized spacial score (nSPS) is 10.6. The van der Waals surface area contributed by atoms with Crippen molar-refractivity contribution in [1.82, 2.24) is 9.78 Å². The maximum atomic E-state index is 5.69. The number of rotatable bonds is 4. The van der Waals surface area contributed by atoms with Crippen LogP contribution in [-0.4, -0.2) is 14.8 Å². The summed E-state index contributed by atoms with van der Waals surface area (Å²) < 4.78 is 1.89. The van der Waals surface area contributed by atoms with Crippen molar-refractivity contribution in [3.63, 3.8) is 0 Å². The van der Waals surface area contributed by atoms with E-state index in [1.54, 1.807) is 6.20 Å². The van der Waals surface area contributed by atoms with Crippen LogP contribution in [0.3, 0.4) is 0 Å². The molecule has 94 valence electrons. The summed E-state index contributed by atoms with van der Waals surface area (Å²) in [5.74, 6) is 0. The molecule has 0 fully saturated rings. The van der Waals surface area contributed by atoms with Gasteiger partial charge in [-0.2, -0.15) is 5.10 Å². The van der Waals surface area contributed by atoms with Crippen molar-refractivity contribution in [1.29, 1.82) is 0 Å². The molecule has 1 aromatic carbocycles. The number of hydrogen-bond acceptors (Lipinski definition) is 3. The van der Waals surface area contributed by atoms with Crippen LogP contribution in [-0.2, 0) is 0 Å². The molecule has 3 N–H and O–H groups in total. The molecule has 2 aromatic rings. The van der Waals surface area contributed by atoms with E-state index in [1.807, 2.05) is 35.1 Å². The number of para-hydroxylation sites is 1. The highest BCUT2D eigenvalue weighted by Gasteiger charge is 2.06. The van der Waals surface area contributed by atoms with Crippen molar-refractivity contribution in [3.05, 3.63) is 42.2 Å². The van der Waals surface area contributed by atoms with E-state index in [0.717, 1.165) is 16.9 Å². The molecule has 0 aliphatic heterocycles. The number of hydrogen-bond donors (Lipinski definition) is 2. The summed E-state index contributed by atoms with van der Waals surface area (Å²) in [6.45, 7) is 4.17. The average Bonchev–Trinajstić information content (AvgIpc) is 2.78. The zero-order valence-corrected chi connectivity index (χ0v) is 11.2. The molecule has 0 unspecified atom stereocenters. The van der Waals surface area contributed by atoms with Crippen LogP contribution in [0.2, 0.25) is 0 Å². The molecule has 0 aliphatic carbocycles. The molecular weight excluding hydrogens is 244 g/mol. The van der Waals surface area contributed by atoms with E-state index < -0.39 is 0 Å². The second-order valence-electron chi connectivity index (χ2n) is 4.34. The van der Waals surface area contributed by atoms with Gasteiger partial charge in [-0.05, 0) is 26.0 Å². The quantitative estimate of drug-likeness (QED) is 0.830. The zero-order valence-electron chi connectivity index (χ0n) is 10.4. The smallest absolute Gasteiger partial charge is 0.106 e. The van der Waals surface area contributed by atoms with Gasteiger partial charge >= 0.3 is 0 Å². The second-order valence-corrected chi connectivity index (χ2v) is 4.78. The molecule has 0 saturated heterocycles. The highest BCUT2D eigenvalue weighted by molar-refractivity contribution is 7.80. The van der Waals surface area contributed by atoms with Crippen molar-refractivity contribution >= 4 is 28.6 Å². The van der Waals surface area contributed by atoms with Crippen LogP contribution >= 0.6 is 12.2 Å². The predicted molar refractivity (Wildman–Crippen MR) is 78.2 cm³/mol. The minimum atomic E-state index is 0.339. The minimum Gasteiger partial charge on any atom is -0.389 e. The molecule has 0 saturated carbocycles. The summed E-state index contributed by atoms with van der Waals surface area (Å²) in [7, 11) is 0. The molecular formula is C13H16N4S. The summed E-state index contributed by atoms with van der Waals surface area (Å²) in [5.41, 5.74) is 8.35. The van der Waals surface area contributed by atoms with Crippen LogP contribution in [0.15, 0.2) is 36.7 Å². The summed E-state index contributed by atoms with van der Waals surface area (Å²) in [4.78, 5) is 0.384. The minimum absolute atomic E-state index is 0.339. The van der Waals surface area contributed by atoms with Crippen molar-refractivity contribution in [3.8, 4) is 0 Å². The third-order valence-electron chi connectivity index (χ3n) is 2.60. The van der Waals surface area contributed by atoms with E-state index in [4.69, 9.17) is 18.0 Å². The molecule has 0 atom stereocenters. The Labute approximate surface area is 112 Å². The zero-order chi connectivity index (χ0) is 13.1. The van der Waals surface area contributed by atoms with E-state index in [1.165, 1.54) is 0 Å². The fourth-order valence-electron chi connectivity index (χ4n) is 1.65. The maximum Gasteiger partial charge on any atom is 0.106 e. The van der Waals surface area contributed by atoms with E-state index in [-0.39, 0.29) is 0 Å². The van der Waals surface area contributed by atoms with E-state index in [2.05, 4.69) is 24.3 Å². The molecule has 2 rings (SSSR count). The highest BCUT2D eigenvalue weighted by atomic mass is 32.1. The van der Waals surface area contributed by atoms with Gasteiger partial charge in [0.25, 0.3) is 0 Å². The van der Waals surface area contributed by atoms with Gasteiger partial charge < -0.3 is 11.1 Å². The molecule has 5 heteroatoms. The Morgan fingerprint density at radius 3 is 2.72 bits per heavy atom. The Morgan fingerprint density at radius 2 is 2.11 bits per heavy atom. The van der Waals surface area contributed by atoms with Crippen LogP contribution < -0.4 is 11.1 Å². The fourth-order valence-corrected chi connectivity index (χ4v) is 1.83. The van der Waals surface area contributed by atoms with Crippen LogP contribution in [0.25, 0.3) is 0 Å². The number of nitrogens with one attached hydrogen (secondary N) is 1. The Hall–Kier alpha value is -1.88. The first-order valence-electron chi connectivity index (χ1n) is 5.78. The van der Waals surface area contributed by atoms with Crippen molar-refractivity contribution < 1.29 is 0 Å². The summed E-state index contributed by atoms with van der Waals surface area (Å²) in [6, 6.07) is 8.04. The third-order valence-corrected chi connectivity index (χ3v) is 2.82. The molecule has 4 nitrogen and oxygen atoms in total. The Morgan fingerprint density at radius 1 is 1.39 bits per heavy atom. The van der Waals surface area contributed by atoms with Crippen LogP contribution in [0.5, 0.6) is 0 Å². The Bertz CT molecular complexity index is 560. The maximum absolute atomic E-state index is 5.69. The first-order chi connectivity index (χ1) is 8.58.